The Morgan fingerprint density at radius 3 is 2.95 bits per heavy atom. The third kappa shape index (κ3) is 6.23. The van der Waals surface area contributed by atoms with Crippen LogP contribution in [0.25, 0.3) is 0 Å². The highest BCUT2D eigenvalue weighted by Crippen LogP contribution is 2.10. The van der Waals surface area contributed by atoms with Crippen LogP contribution in [0, 0.1) is 11.3 Å². The van der Waals surface area contributed by atoms with E-state index in [-0.39, 0.29) is 5.91 Å². The Morgan fingerprint density at radius 2 is 2.32 bits per heavy atom. The summed E-state index contributed by atoms with van der Waals surface area (Å²) < 4.78 is 0. The van der Waals surface area contributed by atoms with E-state index in [2.05, 4.69) is 11.4 Å². The Hall–Kier alpha value is -1.57. The average molecular weight is 280 g/mol. The molecule has 0 aliphatic carbocycles. The minimum Gasteiger partial charge on any atom is -0.351 e. The second kappa shape index (κ2) is 8.52. The number of amides is 1. The number of likely N-dealkylation sites (N-methyl/N-ethyl adjacent to an activating group) is 1. The molecular weight excluding hydrogens is 262 g/mol. The molecule has 0 fully saturated rings. The van der Waals surface area contributed by atoms with Gasteiger partial charge in [-0.3, -0.25) is 9.69 Å². The van der Waals surface area contributed by atoms with Gasteiger partial charge in [0.25, 0.3) is 0 Å². The van der Waals surface area contributed by atoms with Crippen molar-refractivity contribution < 1.29 is 4.79 Å². The summed E-state index contributed by atoms with van der Waals surface area (Å²) in [6.45, 7) is 4.14. The minimum absolute atomic E-state index is 0.0419. The highest BCUT2D eigenvalue weighted by atomic mass is 35.5. The lowest BCUT2D eigenvalue weighted by atomic mass is 10.2. The maximum atomic E-state index is 11.8. The van der Waals surface area contributed by atoms with E-state index in [4.69, 9.17) is 16.9 Å². The molecule has 0 heterocycles. The number of carbonyl (C=O) groups is 1. The molecule has 4 nitrogen and oxygen atoms in total. The van der Waals surface area contributed by atoms with Crippen molar-refractivity contribution in [3.05, 3.63) is 34.9 Å². The van der Waals surface area contributed by atoms with Gasteiger partial charge in [-0.1, -0.05) is 30.7 Å². The van der Waals surface area contributed by atoms with Crippen molar-refractivity contribution in [3.63, 3.8) is 0 Å². The van der Waals surface area contributed by atoms with Crippen molar-refractivity contribution in [2.75, 3.05) is 19.6 Å². The molecule has 1 aromatic rings. The molecule has 1 aromatic carbocycles. The lowest BCUT2D eigenvalue weighted by Gasteiger charge is -2.18. The quantitative estimate of drug-likeness (QED) is 0.832. The second-order valence-electron chi connectivity index (χ2n) is 4.18. The predicted octanol–water partition coefficient (Wildman–Crippen LogP) is 2.19. The fourth-order valence-electron chi connectivity index (χ4n) is 1.66. The molecule has 0 bridgehead atoms. The number of nitrogens with one attached hydrogen (secondary N) is 1. The lowest BCUT2D eigenvalue weighted by molar-refractivity contribution is -0.122. The number of halogens is 1. The number of benzene rings is 1. The maximum Gasteiger partial charge on any atom is 0.234 e. The van der Waals surface area contributed by atoms with Crippen LogP contribution in [0.1, 0.15) is 18.9 Å². The molecule has 1 rings (SSSR count). The van der Waals surface area contributed by atoms with Crippen LogP contribution in [0.4, 0.5) is 0 Å². The van der Waals surface area contributed by atoms with E-state index in [9.17, 15) is 4.79 Å². The van der Waals surface area contributed by atoms with E-state index in [0.717, 1.165) is 12.1 Å². The highest BCUT2D eigenvalue weighted by Gasteiger charge is 2.08. The van der Waals surface area contributed by atoms with Crippen LogP contribution in [0.5, 0.6) is 0 Å². The van der Waals surface area contributed by atoms with Gasteiger partial charge in [-0.15, -0.1) is 0 Å². The Bertz CT molecular complexity index is 456. The Labute approximate surface area is 119 Å². The van der Waals surface area contributed by atoms with Gasteiger partial charge in [0.15, 0.2) is 0 Å². The Morgan fingerprint density at radius 1 is 1.53 bits per heavy atom. The van der Waals surface area contributed by atoms with Gasteiger partial charge in [-0.05, 0) is 24.2 Å². The molecule has 0 unspecified atom stereocenters. The van der Waals surface area contributed by atoms with Crippen molar-refractivity contribution in [3.8, 4) is 6.07 Å². The number of hydrogen-bond acceptors (Lipinski definition) is 3. The summed E-state index contributed by atoms with van der Waals surface area (Å²) in [4.78, 5) is 13.7. The van der Waals surface area contributed by atoms with Gasteiger partial charge in [0.1, 0.15) is 0 Å². The summed E-state index contributed by atoms with van der Waals surface area (Å²) in [5.74, 6) is -0.0419. The standard InChI is InChI=1S/C14H18ClN3O/c1-2-18(8-4-7-16)11-14(19)17-10-12-5-3-6-13(15)9-12/h3,5-6,9H,2,4,8,10-11H2,1H3,(H,17,19). The number of hydrogen-bond donors (Lipinski definition) is 1. The van der Waals surface area contributed by atoms with Crippen LogP contribution in [0.15, 0.2) is 24.3 Å². The molecule has 19 heavy (non-hydrogen) atoms. The maximum absolute atomic E-state index is 11.8. The first-order valence-corrected chi connectivity index (χ1v) is 6.64. The molecule has 102 valence electrons. The van der Waals surface area contributed by atoms with Gasteiger partial charge < -0.3 is 5.32 Å². The fraction of sp³-hybridized carbons (Fsp3) is 0.429. The van der Waals surface area contributed by atoms with Gasteiger partial charge in [0.05, 0.1) is 12.6 Å². The number of carbonyl (C=O) groups excluding carboxylic acids is 1. The summed E-state index contributed by atoms with van der Waals surface area (Å²) in [6.07, 6.45) is 0.440. The molecule has 0 aliphatic heterocycles. The van der Waals surface area contributed by atoms with Crippen molar-refractivity contribution in [1.29, 1.82) is 5.26 Å². The van der Waals surface area contributed by atoms with Gasteiger partial charge in [0, 0.05) is 24.5 Å². The van der Waals surface area contributed by atoms with E-state index in [1.54, 1.807) is 6.07 Å². The molecule has 0 aliphatic rings. The van der Waals surface area contributed by atoms with Crippen molar-refractivity contribution in [2.45, 2.75) is 19.9 Å². The first-order valence-electron chi connectivity index (χ1n) is 6.26. The van der Waals surface area contributed by atoms with Gasteiger partial charge >= 0.3 is 0 Å². The molecule has 1 amide bonds. The summed E-state index contributed by atoms with van der Waals surface area (Å²) >= 11 is 5.87. The number of rotatable bonds is 7. The van der Waals surface area contributed by atoms with Gasteiger partial charge in [-0.2, -0.15) is 5.26 Å². The first-order chi connectivity index (χ1) is 9.15. The zero-order valence-corrected chi connectivity index (χ0v) is 11.8. The summed E-state index contributed by atoms with van der Waals surface area (Å²) in [6, 6.07) is 9.48. The van der Waals surface area contributed by atoms with E-state index < -0.39 is 0 Å². The topological polar surface area (TPSA) is 56.1 Å². The molecular formula is C14H18ClN3O. The monoisotopic (exact) mass is 279 g/mol. The van der Waals surface area contributed by atoms with Crippen LogP contribution < -0.4 is 5.32 Å². The van der Waals surface area contributed by atoms with Crippen LogP contribution in [0.3, 0.4) is 0 Å². The van der Waals surface area contributed by atoms with Crippen LogP contribution >= 0.6 is 11.6 Å². The molecule has 0 atom stereocenters. The third-order valence-electron chi connectivity index (χ3n) is 2.73. The van der Waals surface area contributed by atoms with Crippen LogP contribution in [-0.2, 0) is 11.3 Å². The normalized spacial score (nSPS) is 10.2. The van der Waals surface area contributed by atoms with Crippen LogP contribution in [-0.4, -0.2) is 30.4 Å². The van der Waals surface area contributed by atoms with E-state index in [0.29, 0.717) is 31.1 Å². The summed E-state index contributed by atoms with van der Waals surface area (Å²) in [7, 11) is 0. The highest BCUT2D eigenvalue weighted by molar-refractivity contribution is 6.30. The van der Waals surface area contributed by atoms with E-state index in [1.807, 2.05) is 30.0 Å². The third-order valence-corrected chi connectivity index (χ3v) is 2.97. The second-order valence-corrected chi connectivity index (χ2v) is 4.62. The van der Waals surface area contributed by atoms with Gasteiger partial charge in [0.2, 0.25) is 5.91 Å². The van der Waals surface area contributed by atoms with Crippen molar-refractivity contribution >= 4 is 17.5 Å². The lowest BCUT2D eigenvalue weighted by Crippen LogP contribution is -2.37. The smallest absolute Gasteiger partial charge is 0.234 e. The molecule has 0 aromatic heterocycles. The molecule has 0 saturated heterocycles. The molecule has 0 saturated carbocycles. The molecule has 0 spiro atoms. The fourth-order valence-corrected chi connectivity index (χ4v) is 1.88. The molecule has 1 N–H and O–H groups in total. The predicted molar refractivity (Wildman–Crippen MR) is 75.6 cm³/mol. The number of nitrogens with zero attached hydrogens (tertiary/aromatic N) is 2. The first kappa shape index (κ1) is 15.5. The molecule has 5 heteroatoms. The molecule has 0 radical (unpaired) electrons. The summed E-state index contributed by atoms with van der Waals surface area (Å²) in [5.41, 5.74) is 0.973. The minimum atomic E-state index is -0.0419. The average Bonchev–Trinajstić information content (AvgIpc) is 2.41. The van der Waals surface area contributed by atoms with Gasteiger partial charge in [-0.25, -0.2) is 0 Å². The Kier molecular flexibility index (Phi) is 6.94. The van der Waals surface area contributed by atoms with Crippen molar-refractivity contribution in [2.24, 2.45) is 0 Å². The van der Waals surface area contributed by atoms with Crippen LogP contribution in [0.2, 0.25) is 5.02 Å². The Balaban J connectivity index is 2.36. The largest absolute Gasteiger partial charge is 0.351 e. The van der Waals surface area contributed by atoms with Crippen molar-refractivity contribution in [1.82, 2.24) is 10.2 Å². The SMILES string of the molecule is CCN(CCC#N)CC(=O)NCc1cccc(Cl)c1. The van der Waals surface area contributed by atoms with E-state index in [1.165, 1.54) is 0 Å². The zero-order chi connectivity index (χ0) is 14.1. The summed E-state index contributed by atoms with van der Waals surface area (Å²) in [5, 5.41) is 12.0. The van der Waals surface area contributed by atoms with E-state index >= 15 is 0 Å². The zero-order valence-electron chi connectivity index (χ0n) is 11.0. The number of nitriles is 1.